The van der Waals surface area contributed by atoms with Crippen LogP contribution in [0.1, 0.15) is 15.9 Å². The Kier molecular flexibility index (Phi) is 4.19. The van der Waals surface area contributed by atoms with E-state index in [0.717, 1.165) is 25.4 Å². The lowest BCUT2D eigenvalue weighted by Crippen LogP contribution is -2.07. The molecule has 2 heterocycles. The molecule has 1 aliphatic heterocycles. The minimum atomic E-state index is 0.0548. The topological polar surface area (TPSA) is 30.0 Å². The Morgan fingerprint density at radius 2 is 1.65 bits per heavy atom. The summed E-state index contributed by atoms with van der Waals surface area (Å²) >= 11 is 7.69. The first kappa shape index (κ1) is 13.8. The van der Waals surface area contributed by atoms with E-state index in [0.29, 0.717) is 5.56 Å². The molecule has 3 rings (SSSR count). The monoisotopic (exact) mass is 317 g/mol. The van der Waals surface area contributed by atoms with Crippen LogP contribution < -0.4 is 0 Å². The van der Waals surface area contributed by atoms with Crippen LogP contribution in [0.5, 0.6) is 0 Å². The third-order valence-electron chi connectivity index (χ3n) is 2.91. The summed E-state index contributed by atoms with van der Waals surface area (Å²) in [6.45, 7) is 0. The predicted molar refractivity (Wildman–Crippen MR) is 89.2 cm³/mol. The van der Waals surface area contributed by atoms with Gasteiger partial charge >= 0.3 is 0 Å². The maximum atomic E-state index is 12.8. The summed E-state index contributed by atoms with van der Waals surface area (Å²) in [5, 5.41) is 1.01. The van der Waals surface area contributed by atoms with Gasteiger partial charge in [0.2, 0.25) is 0 Å². The highest BCUT2D eigenvalue weighted by Gasteiger charge is 2.24. The molecular formula is C15H11NOS3. The highest BCUT2D eigenvalue weighted by Crippen LogP contribution is 2.48. The van der Waals surface area contributed by atoms with Crippen LogP contribution in [-0.2, 0) is 0 Å². The summed E-state index contributed by atoms with van der Waals surface area (Å²) in [5.74, 6) is 0.0548. The zero-order valence-electron chi connectivity index (χ0n) is 10.4. The Balaban J connectivity index is 2.03. The van der Waals surface area contributed by atoms with Gasteiger partial charge < -0.3 is 0 Å². The number of thioether (sulfide) groups is 2. The van der Waals surface area contributed by atoms with Crippen LogP contribution in [-0.4, -0.2) is 15.9 Å². The molecule has 2 nitrogen and oxygen atoms in total. The molecule has 100 valence electrons. The number of Topliss-reactive ketones (excluding diaryl/α,β-unsaturated/α-hetero) is 1. The highest BCUT2D eigenvalue weighted by atomic mass is 32.3. The number of hydrogen-bond donors (Lipinski definition) is 1. The number of ketones is 1. The van der Waals surface area contributed by atoms with E-state index in [-0.39, 0.29) is 5.78 Å². The Morgan fingerprint density at radius 3 is 2.20 bits per heavy atom. The molecule has 0 radical (unpaired) electrons. The summed E-state index contributed by atoms with van der Waals surface area (Å²) in [7, 11) is 0. The lowest BCUT2D eigenvalue weighted by atomic mass is 9.99. The fourth-order valence-corrected chi connectivity index (χ4v) is 3.68. The van der Waals surface area contributed by atoms with Gasteiger partial charge in [0.05, 0.1) is 4.24 Å². The zero-order chi connectivity index (χ0) is 13.9. The molecule has 5 heteroatoms. The van der Waals surface area contributed by atoms with Crippen molar-refractivity contribution in [2.75, 3.05) is 5.08 Å². The number of pyridine rings is 1. The summed E-state index contributed by atoms with van der Waals surface area (Å²) in [5.41, 5.74) is 2.39. The second-order valence-electron chi connectivity index (χ2n) is 4.18. The molecule has 20 heavy (non-hydrogen) atoms. The quantitative estimate of drug-likeness (QED) is 0.517. The van der Waals surface area contributed by atoms with Crippen LogP contribution in [0.15, 0.2) is 57.9 Å². The first-order valence-electron chi connectivity index (χ1n) is 6.00. The molecule has 0 N–H and O–H groups in total. The number of hydrogen-bond acceptors (Lipinski definition) is 5. The molecule has 0 unspecified atom stereocenters. The number of nitrogens with zero attached hydrogens (tertiary/aromatic N) is 1. The summed E-state index contributed by atoms with van der Waals surface area (Å²) in [6, 6.07) is 11.1. The van der Waals surface area contributed by atoms with E-state index in [1.54, 1.807) is 35.9 Å². The lowest BCUT2D eigenvalue weighted by Gasteiger charge is -2.20. The fourth-order valence-electron chi connectivity index (χ4n) is 1.88. The minimum Gasteiger partial charge on any atom is -0.289 e. The minimum absolute atomic E-state index is 0.0548. The number of rotatable bonds is 3. The Hall–Kier alpha value is -1.17. The molecule has 0 spiro atoms. The van der Waals surface area contributed by atoms with Gasteiger partial charge in [-0.25, -0.2) is 0 Å². The number of benzene rings is 1. The van der Waals surface area contributed by atoms with E-state index in [1.807, 2.05) is 36.4 Å². The third-order valence-corrected chi connectivity index (χ3v) is 5.79. The third kappa shape index (κ3) is 2.80. The maximum absolute atomic E-state index is 12.8. The average Bonchev–Trinajstić information content (AvgIpc) is 2.44. The second-order valence-corrected chi connectivity index (χ2v) is 7.29. The largest absolute Gasteiger partial charge is 0.289 e. The van der Waals surface area contributed by atoms with Crippen molar-refractivity contribution in [1.29, 1.82) is 0 Å². The SMILES string of the molecule is O=C(C(=C1SCS1)c1ccncc1)c1ccc(S)cc1. The van der Waals surface area contributed by atoms with E-state index >= 15 is 0 Å². The standard InChI is InChI=1S/C15H11NOS3/c17-14(11-1-3-12(18)4-2-11)13(15-19-9-20-15)10-5-7-16-8-6-10/h1-8,18H,9H2. The van der Waals surface area contributed by atoms with E-state index in [1.165, 1.54) is 0 Å². The molecule has 0 amide bonds. The van der Waals surface area contributed by atoms with Crippen LogP contribution in [0.4, 0.5) is 0 Å². The van der Waals surface area contributed by atoms with Crippen molar-refractivity contribution in [3.8, 4) is 0 Å². The van der Waals surface area contributed by atoms with E-state index in [4.69, 9.17) is 0 Å². The Labute approximate surface area is 131 Å². The van der Waals surface area contributed by atoms with Crippen LogP contribution in [0.25, 0.3) is 5.57 Å². The zero-order valence-corrected chi connectivity index (χ0v) is 13.0. The van der Waals surface area contributed by atoms with E-state index < -0.39 is 0 Å². The van der Waals surface area contributed by atoms with Crippen molar-refractivity contribution >= 4 is 47.5 Å². The summed E-state index contributed by atoms with van der Waals surface area (Å²) < 4.78 is 1.09. The molecule has 0 saturated carbocycles. The number of carbonyl (C=O) groups excluding carboxylic acids is 1. The number of allylic oxidation sites excluding steroid dienone is 1. The Bertz CT molecular complexity index is 659. The lowest BCUT2D eigenvalue weighted by molar-refractivity contribution is 0.105. The van der Waals surface area contributed by atoms with E-state index in [9.17, 15) is 4.79 Å². The van der Waals surface area contributed by atoms with Gasteiger partial charge in [-0.15, -0.1) is 36.2 Å². The van der Waals surface area contributed by atoms with Crippen LogP contribution in [0.3, 0.4) is 0 Å². The first-order chi connectivity index (χ1) is 9.75. The molecule has 0 bridgehead atoms. The molecule has 1 fully saturated rings. The predicted octanol–water partition coefficient (Wildman–Crippen LogP) is 4.36. The number of thiol groups is 1. The van der Waals surface area contributed by atoms with Gasteiger partial charge in [-0.2, -0.15) is 0 Å². The molecule has 1 aromatic heterocycles. The van der Waals surface area contributed by atoms with Gasteiger partial charge in [0.15, 0.2) is 5.78 Å². The molecule has 0 atom stereocenters. The van der Waals surface area contributed by atoms with Gasteiger partial charge in [-0.1, -0.05) is 0 Å². The van der Waals surface area contributed by atoms with Crippen LogP contribution in [0, 0.1) is 0 Å². The van der Waals surface area contributed by atoms with Crippen molar-refractivity contribution in [3.05, 3.63) is 64.2 Å². The average molecular weight is 317 g/mol. The van der Waals surface area contributed by atoms with Crippen molar-refractivity contribution in [3.63, 3.8) is 0 Å². The molecular weight excluding hydrogens is 306 g/mol. The molecule has 1 aromatic carbocycles. The van der Waals surface area contributed by atoms with Gasteiger partial charge in [0.1, 0.15) is 0 Å². The Morgan fingerprint density at radius 1 is 1.00 bits per heavy atom. The maximum Gasteiger partial charge on any atom is 0.195 e. The van der Waals surface area contributed by atoms with Gasteiger partial charge in [-0.3, -0.25) is 9.78 Å². The fraction of sp³-hybridized carbons (Fsp3) is 0.0667. The van der Waals surface area contributed by atoms with Crippen molar-refractivity contribution in [1.82, 2.24) is 4.98 Å². The van der Waals surface area contributed by atoms with Crippen molar-refractivity contribution in [2.24, 2.45) is 0 Å². The van der Waals surface area contributed by atoms with Crippen molar-refractivity contribution < 1.29 is 4.79 Å². The summed E-state index contributed by atoms with van der Waals surface area (Å²) in [6.07, 6.45) is 3.43. The first-order valence-corrected chi connectivity index (χ1v) is 8.41. The smallest absolute Gasteiger partial charge is 0.195 e. The summed E-state index contributed by atoms with van der Waals surface area (Å²) in [4.78, 5) is 17.6. The number of carbonyl (C=O) groups is 1. The molecule has 1 saturated heterocycles. The van der Waals surface area contributed by atoms with Crippen LogP contribution >= 0.6 is 36.2 Å². The molecule has 2 aromatic rings. The number of aromatic nitrogens is 1. The second kappa shape index (κ2) is 6.08. The van der Waals surface area contributed by atoms with Crippen molar-refractivity contribution in [2.45, 2.75) is 4.90 Å². The van der Waals surface area contributed by atoms with Gasteiger partial charge in [0, 0.05) is 33.5 Å². The molecule has 1 aliphatic rings. The highest BCUT2D eigenvalue weighted by molar-refractivity contribution is 8.37. The van der Waals surface area contributed by atoms with Gasteiger partial charge in [-0.05, 0) is 42.0 Å². The van der Waals surface area contributed by atoms with Gasteiger partial charge in [0.25, 0.3) is 0 Å². The van der Waals surface area contributed by atoms with E-state index in [2.05, 4.69) is 17.6 Å². The van der Waals surface area contributed by atoms with Crippen LogP contribution in [0.2, 0.25) is 0 Å². The molecule has 0 aliphatic carbocycles. The normalized spacial score (nSPS) is 13.8.